The Morgan fingerprint density at radius 3 is 3.08 bits per heavy atom. The van der Waals surface area contributed by atoms with E-state index in [1.54, 1.807) is 7.11 Å². The van der Waals surface area contributed by atoms with Crippen LogP contribution in [0.3, 0.4) is 0 Å². The summed E-state index contributed by atoms with van der Waals surface area (Å²) in [5.74, 6) is 0.249. The van der Waals surface area contributed by atoms with Gasteiger partial charge in [-0.25, -0.2) is 0 Å². The maximum atomic E-state index is 11.5. The SMILES string of the molecule is CN[C@H]1C(=O)CN2C=CC(OC)C12. The van der Waals surface area contributed by atoms with E-state index in [0.29, 0.717) is 6.54 Å². The standard InChI is InChI=1S/C9H14N2O2/c1-10-8-6(12)5-11-4-3-7(13-2)9(8)11/h3-4,7-10H,5H2,1-2H3/t7?,8-,9?/m0/s1. The number of hydrogen-bond donors (Lipinski definition) is 1. The Morgan fingerprint density at radius 1 is 1.69 bits per heavy atom. The molecule has 4 nitrogen and oxygen atoms in total. The Morgan fingerprint density at radius 2 is 2.46 bits per heavy atom. The Kier molecular flexibility index (Phi) is 2.09. The average Bonchev–Trinajstić information content (AvgIpc) is 2.62. The highest BCUT2D eigenvalue weighted by atomic mass is 16.5. The molecular weight excluding hydrogens is 168 g/mol. The Balaban J connectivity index is 2.19. The van der Waals surface area contributed by atoms with Crippen LogP contribution in [-0.4, -0.2) is 49.6 Å². The molecule has 1 fully saturated rings. The topological polar surface area (TPSA) is 41.6 Å². The number of methoxy groups -OCH3 is 1. The maximum Gasteiger partial charge on any atom is 0.171 e. The van der Waals surface area contributed by atoms with Crippen LogP contribution in [0.4, 0.5) is 0 Å². The van der Waals surface area contributed by atoms with E-state index in [9.17, 15) is 4.79 Å². The van der Waals surface area contributed by atoms with E-state index >= 15 is 0 Å². The fourth-order valence-corrected chi connectivity index (χ4v) is 2.16. The predicted octanol–water partition coefficient (Wildman–Crippen LogP) is -0.630. The summed E-state index contributed by atoms with van der Waals surface area (Å²) >= 11 is 0. The lowest BCUT2D eigenvalue weighted by molar-refractivity contribution is -0.118. The molecule has 72 valence electrons. The molecule has 0 amide bonds. The molecule has 0 aromatic rings. The van der Waals surface area contributed by atoms with Gasteiger partial charge in [0.1, 0.15) is 0 Å². The second-order valence-electron chi connectivity index (χ2n) is 3.44. The third kappa shape index (κ3) is 1.17. The highest BCUT2D eigenvalue weighted by Gasteiger charge is 2.45. The van der Waals surface area contributed by atoms with Crippen LogP contribution in [0.1, 0.15) is 0 Å². The van der Waals surface area contributed by atoms with E-state index in [1.165, 1.54) is 0 Å². The smallest absolute Gasteiger partial charge is 0.171 e. The first-order chi connectivity index (χ1) is 6.27. The number of ketones is 1. The van der Waals surface area contributed by atoms with Gasteiger partial charge in [0.05, 0.1) is 24.7 Å². The number of hydrogen-bond acceptors (Lipinski definition) is 4. The molecule has 2 aliphatic rings. The number of carbonyl (C=O) groups is 1. The van der Waals surface area contributed by atoms with E-state index in [0.717, 1.165) is 0 Å². The highest BCUT2D eigenvalue weighted by molar-refractivity contribution is 5.89. The molecule has 0 aromatic heterocycles. The van der Waals surface area contributed by atoms with Gasteiger partial charge in [-0.1, -0.05) is 0 Å². The van der Waals surface area contributed by atoms with Crippen LogP contribution in [0.5, 0.6) is 0 Å². The van der Waals surface area contributed by atoms with Crippen molar-refractivity contribution in [1.82, 2.24) is 10.2 Å². The van der Waals surface area contributed by atoms with E-state index in [-0.39, 0.29) is 24.0 Å². The lowest BCUT2D eigenvalue weighted by Crippen LogP contribution is -2.46. The second kappa shape index (κ2) is 3.12. The van der Waals surface area contributed by atoms with Gasteiger partial charge in [-0.2, -0.15) is 0 Å². The zero-order valence-corrected chi connectivity index (χ0v) is 7.86. The lowest BCUT2D eigenvalue weighted by atomic mass is 10.0. The molecule has 0 aromatic carbocycles. The molecule has 2 unspecified atom stereocenters. The number of carbonyl (C=O) groups excluding carboxylic acids is 1. The molecule has 4 heteroatoms. The molecule has 0 bridgehead atoms. The third-order valence-electron chi connectivity index (χ3n) is 2.80. The van der Waals surface area contributed by atoms with Gasteiger partial charge >= 0.3 is 0 Å². The first kappa shape index (κ1) is 8.72. The van der Waals surface area contributed by atoms with Crippen molar-refractivity contribution >= 4 is 5.78 Å². The van der Waals surface area contributed by atoms with Crippen molar-refractivity contribution in [3.63, 3.8) is 0 Å². The lowest BCUT2D eigenvalue weighted by Gasteiger charge is -2.24. The van der Waals surface area contributed by atoms with E-state index in [4.69, 9.17) is 4.74 Å². The van der Waals surface area contributed by atoms with Gasteiger partial charge < -0.3 is 15.0 Å². The fourth-order valence-electron chi connectivity index (χ4n) is 2.16. The van der Waals surface area contributed by atoms with Crippen LogP contribution in [0.2, 0.25) is 0 Å². The minimum Gasteiger partial charge on any atom is -0.375 e. The summed E-state index contributed by atoms with van der Waals surface area (Å²) in [6.07, 6.45) is 4.00. The molecule has 0 spiro atoms. The first-order valence-electron chi connectivity index (χ1n) is 4.44. The number of nitrogens with zero attached hydrogens (tertiary/aromatic N) is 1. The zero-order chi connectivity index (χ0) is 9.42. The minimum atomic E-state index is -0.0834. The monoisotopic (exact) mass is 182 g/mol. The van der Waals surface area contributed by atoms with Gasteiger partial charge in [-0.05, 0) is 19.3 Å². The number of Topliss-reactive ketones (excluding diaryl/α,β-unsaturated/α-hetero) is 1. The molecule has 13 heavy (non-hydrogen) atoms. The summed E-state index contributed by atoms with van der Waals surface area (Å²) in [6, 6.07) is 0.0717. The number of rotatable bonds is 2. The van der Waals surface area contributed by atoms with Gasteiger partial charge in [0.15, 0.2) is 5.78 Å². The third-order valence-corrected chi connectivity index (χ3v) is 2.80. The predicted molar refractivity (Wildman–Crippen MR) is 48.3 cm³/mol. The highest BCUT2D eigenvalue weighted by Crippen LogP contribution is 2.26. The van der Waals surface area contributed by atoms with Crippen LogP contribution >= 0.6 is 0 Å². The fraction of sp³-hybridized carbons (Fsp3) is 0.667. The van der Waals surface area contributed by atoms with Crippen molar-refractivity contribution in [2.75, 3.05) is 20.7 Å². The van der Waals surface area contributed by atoms with Gasteiger partial charge in [0, 0.05) is 7.11 Å². The van der Waals surface area contributed by atoms with E-state index in [1.807, 2.05) is 24.2 Å². The van der Waals surface area contributed by atoms with Crippen LogP contribution in [-0.2, 0) is 9.53 Å². The van der Waals surface area contributed by atoms with Gasteiger partial charge in [0.2, 0.25) is 0 Å². The van der Waals surface area contributed by atoms with Crippen LogP contribution in [0.25, 0.3) is 0 Å². The van der Waals surface area contributed by atoms with Crippen molar-refractivity contribution in [1.29, 1.82) is 0 Å². The number of likely N-dealkylation sites (N-methyl/N-ethyl adjacent to an activating group) is 1. The minimum absolute atomic E-state index is 0.0453. The van der Waals surface area contributed by atoms with Crippen LogP contribution in [0, 0.1) is 0 Å². The molecule has 2 aliphatic heterocycles. The van der Waals surface area contributed by atoms with Crippen molar-refractivity contribution in [2.24, 2.45) is 0 Å². The summed E-state index contributed by atoms with van der Waals surface area (Å²) in [7, 11) is 3.49. The quantitative estimate of drug-likeness (QED) is 0.617. The van der Waals surface area contributed by atoms with E-state index in [2.05, 4.69) is 5.32 Å². The molecular formula is C9H14N2O2. The van der Waals surface area contributed by atoms with Gasteiger partial charge in [-0.3, -0.25) is 4.79 Å². The molecule has 0 saturated carbocycles. The van der Waals surface area contributed by atoms with Gasteiger partial charge in [-0.15, -0.1) is 0 Å². The summed E-state index contributed by atoms with van der Waals surface area (Å²) < 4.78 is 5.28. The second-order valence-corrected chi connectivity index (χ2v) is 3.44. The van der Waals surface area contributed by atoms with Crippen LogP contribution in [0.15, 0.2) is 12.3 Å². The largest absolute Gasteiger partial charge is 0.375 e. The zero-order valence-electron chi connectivity index (χ0n) is 7.86. The molecule has 2 heterocycles. The molecule has 2 rings (SSSR count). The summed E-state index contributed by atoms with van der Waals surface area (Å²) in [5.41, 5.74) is 0. The van der Waals surface area contributed by atoms with Crippen molar-refractivity contribution in [3.8, 4) is 0 Å². The summed E-state index contributed by atoms with van der Waals surface area (Å²) in [4.78, 5) is 13.5. The molecule has 1 N–H and O–H groups in total. The maximum absolute atomic E-state index is 11.5. The Bertz CT molecular complexity index is 252. The van der Waals surface area contributed by atoms with Crippen LogP contribution < -0.4 is 5.32 Å². The van der Waals surface area contributed by atoms with Crippen molar-refractivity contribution < 1.29 is 9.53 Å². The van der Waals surface area contributed by atoms with Crippen molar-refractivity contribution in [2.45, 2.75) is 18.2 Å². The normalized spacial score (nSPS) is 37.2. The van der Waals surface area contributed by atoms with Crippen molar-refractivity contribution in [3.05, 3.63) is 12.3 Å². The number of fused-ring (bicyclic) bond motifs is 1. The molecule has 0 radical (unpaired) electrons. The Hall–Kier alpha value is -0.870. The first-order valence-corrected chi connectivity index (χ1v) is 4.44. The summed E-state index contributed by atoms with van der Waals surface area (Å²) in [5, 5.41) is 3.04. The molecule has 3 atom stereocenters. The number of ether oxygens (including phenoxy) is 1. The van der Waals surface area contributed by atoms with E-state index < -0.39 is 0 Å². The average molecular weight is 182 g/mol. The molecule has 0 aliphatic carbocycles. The summed E-state index contributed by atoms with van der Waals surface area (Å²) in [6.45, 7) is 0.506. The molecule has 1 saturated heterocycles. The number of nitrogens with one attached hydrogen (secondary N) is 1. The van der Waals surface area contributed by atoms with Gasteiger partial charge in [0.25, 0.3) is 0 Å². The Labute approximate surface area is 77.5 Å².